The van der Waals surface area contributed by atoms with Crippen LogP contribution in [0.5, 0.6) is 0 Å². The number of hydrogen-bond donors (Lipinski definition) is 1. The molecular formula is C14H16F3N3. The maximum absolute atomic E-state index is 12.7. The average molecular weight is 283 g/mol. The third-order valence-electron chi connectivity index (χ3n) is 3.12. The molecule has 0 aliphatic rings. The number of benzene rings is 1. The monoisotopic (exact) mass is 283 g/mol. The third-order valence-corrected chi connectivity index (χ3v) is 3.12. The Morgan fingerprint density at radius 1 is 1.25 bits per heavy atom. The Morgan fingerprint density at radius 2 is 1.95 bits per heavy atom. The predicted molar refractivity (Wildman–Crippen MR) is 74.7 cm³/mol. The van der Waals surface area contributed by atoms with E-state index in [-0.39, 0.29) is 6.04 Å². The lowest BCUT2D eigenvalue weighted by molar-refractivity contribution is -0.120. The number of halogens is 3. The van der Waals surface area contributed by atoms with E-state index in [4.69, 9.17) is 5.73 Å². The van der Waals surface area contributed by atoms with E-state index >= 15 is 0 Å². The summed E-state index contributed by atoms with van der Waals surface area (Å²) in [6, 6.07) is 4.75. The van der Waals surface area contributed by atoms with Crippen molar-refractivity contribution in [1.29, 1.82) is 0 Å². The number of nitrogen functional groups attached to an aromatic ring is 1. The number of hydrogen-bond acceptors (Lipinski definition) is 3. The molecule has 1 heterocycles. The molecule has 0 aliphatic carbocycles. The zero-order valence-corrected chi connectivity index (χ0v) is 11.3. The van der Waals surface area contributed by atoms with Gasteiger partial charge >= 0.3 is 6.18 Å². The maximum atomic E-state index is 12.7. The van der Waals surface area contributed by atoms with Crippen LogP contribution in [-0.4, -0.2) is 23.7 Å². The predicted octanol–water partition coefficient (Wildman–Crippen LogP) is 3.59. The number of aromatic nitrogens is 1. The van der Waals surface area contributed by atoms with Crippen molar-refractivity contribution in [2.24, 2.45) is 0 Å². The Labute approximate surface area is 115 Å². The molecule has 2 aromatic rings. The minimum absolute atomic E-state index is 0.307. The van der Waals surface area contributed by atoms with E-state index < -0.39 is 12.7 Å². The van der Waals surface area contributed by atoms with Crippen molar-refractivity contribution in [3.63, 3.8) is 0 Å². The Hall–Kier alpha value is -1.98. The van der Waals surface area contributed by atoms with Crippen molar-refractivity contribution >= 4 is 22.1 Å². The summed E-state index contributed by atoms with van der Waals surface area (Å²) in [4.78, 5) is 5.23. The summed E-state index contributed by atoms with van der Waals surface area (Å²) in [6.07, 6.45) is -1.06. The van der Waals surface area contributed by atoms with Crippen LogP contribution < -0.4 is 10.6 Å². The fourth-order valence-electron chi connectivity index (χ4n) is 2.17. The van der Waals surface area contributed by atoms with Gasteiger partial charge < -0.3 is 10.6 Å². The lowest BCUT2D eigenvalue weighted by atomic mass is 10.1. The van der Waals surface area contributed by atoms with Crippen LogP contribution in [0.25, 0.3) is 10.8 Å². The Morgan fingerprint density at radius 3 is 2.55 bits per heavy atom. The van der Waals surface area contributed by atoms with Gasteiger partial charge in [-0.15, -0.1) is 0 Å². The van der Waals surface area contributed by atoms with E-state index in [1.54, 1.807) is 44.4 Å². The van der Waals surface area contributed by atoms with Gasteiger partial charge in [0.25, 0.3) is 0 Å². The fraction of sp³-hybridized carbons (Fsp3) is 0.357. The maximum Gasteiger partial charge on any atom is 0.405 e. The topological polar surface area (TPSA) is 42.2 Å². The molecule has 1 aromatic carbocycles. The minimum Gasteiger partial charge on any atom is -0.397 e. The molecule has 20 heavy (non-hydrogen) atoms. The van der Waals surface area contributed by atoms with E-state index in [2.05, 4.69) is 4.98 Å². The number of nitrogens with two attached hydrogens (primary N) is 1. The standard InChI is InChI=1S/C14H16F3N3/c1-9(2)20(8-14(15,16)17)12-4-3-10-7-19-6-5-11(10)13(12)18/h3-7,9H,8,18H2,1-2H3. The summed E-state index contributed by atoms with van der Waals surface area (Å²) in [7, 11) is 0. The van der Waals surface area contributed by atoms with Gasteiger partial charge in [0.05, 0.1) is 11.4 Å². The Kier molecular flexibility index (Phi) is 3.74. The van der Waals surface area contributed by atoms with Gasteiger partial charge in [-0.2, -0.15) is 13.2 Å². The SMILES string of the molecule is CC(C)N(CC(F)(F)F)c1ccc2cnccc2c1N. The molecule has 0 fully saturated rings. The van der Waals surface area contributed by atoms with Gasteiger partial charge in [0.1, 0.15) is 6.54 Å². The molecule has 0 atom stereocenters. The second-order valence-corrected chi connectivity index (χ2v) is 4.93. The largest absolute Gasteiger partial charge is 0.405 e. The molecule has 0 saturated heterocycles. The molecule has 1 aromatic heterocycles. The highest BCUT2D eigenvalue weighted by atomic mass is 19.4. The molecule has 0 radical (unpaired) electrons. The molecule has 0 saturated carbocycles. The van der Waals surface area contributed by atoms with E-state index in [1.165, 1.54) is 4.90 Å². The summed E-state index contributed by atoms with van der Waals surface area (Å²) in [5, 5.41) is 1.52. The Bertz CT molecular complexity index is 608. The number of pyridine rings is 1. The number of alkyl halides is 3. The van der Waals surface area contributed by atoms with Gasteiger partial charge in [-0.05, 0) is 26.0 Å². The average Bonchev–Trinajstić information content (AvgIpc) is 2.36. The molecule has 0 unspecified atom stereocenters. The van der Waals surface area contributed by atoms with Crippen molar-refractivity contribution in [2.45, 2.75) is 26.1 Å². The highest BCUT2D eigenvalue weighted by Crippen LogP contribution is 2.33. The van der Waals surface area contributed by atoms with Crippen LogP contribution in [-0.2, 0) is 0 Å². The summed E-state index contributed by atoms with van der Waals surface area (Å²) in [5.41, 5.74) is 6.79. The number of rotatable bonds is 3. The number of nitrogens with zero attached hydrogens (tertiary/aromatic N) is 2. The second kappa shape index (κ2) is 5.19. The molecule has 0 spiro atoms. The van der Waals surface area contributed by atoms with Gasteiger partial charge in [-0.1, -0.05) is 6.07 Å². The van der Waals surface area contributed by atoms with Crippen LogP contribution in [0.3, 0.4) is 0 Å². The first-order chi connectivity index (χ1) is 9.29. The molecule has 2 N–H and O–H groups in total. The lowest BCUT2D eigenvalue weighted by Crippen LogP contribution is -2.39. The molecule has 0 aliphatic heterocycles. The first-order valence-corrected chi connectivity index (χ1v) is 6.25. The summed E-state index contributed by atoms with van der Waals surface area (Å²) in [5.74, 6) is 0. The summed E-state index contributed by atoms with van der Waals surface area (Å²) >= 11 is 0. The zero-order valence-electron chi connectivity index (χ0n) is 11.3. The van der Waals surface area contributed by atoms with Crippen LogP contribution >= 0.6 is 0 Å². The highest BCUT2D eigenvalue weighted by molar-refractivity contribution is 5.98. The van der Waals surface area contributed by atoms with Crippen molar-refractivity contribution in [3.05, 3.63) is 30.6 Å². The van der Waals surface area contributed by atoms with E-state index in [9.17, 15) is 13.2 Å². The van der Waals surface area contributed by atoms with Gasteiger partial charge in [-0.25, -0.2) is 0 Å². The van der Waals surface area contributed by atoms with Crippen molar-refractivity contribution in [2.75, 3.05) is 17.2 Å². The summed E-state index contributed by atoms with van der Waals surface area (Å²) < 4.78 is 38.1. The van der Waals surface area contributed by atoms with Gasteiger partial charge in [0.2, 0.25) is 0 Å². The van der Waals surface area contributed by atoms with E-state index in [0.717, 1.165) is 5.39 Å². The van der Waals surface area contributed by atoms with Crippen LogP contribution in [0, 0.1) is 0 Å². The fourth-order valence-corrected chi connectivity index (χ4v) is 2.17. The van der Waals surface area contributed by atoms with Crippen molar-refractivity contribution < 1.29 is 13.2 Å². The minimum atomic E-state index is -4.27. The Balaban J connectivity index is 2.51. The smallest absolute Gasteiger partial charge is 0.397 e. The molecule has 3 nitrogen and oxygen atoms in total. The van der Waals surface area contributed by atoms with Crippen LogP contribution in [0.4, 0.5) is 24.5 Å². The molecular weight excluding hydrogens is 267 g/mol. The second-order valence-electron chi connectivity index (χ2n) is 4.93. The van der Waals surface area contributed by atoms with E-state index in [1.807, 2.05) is 0 Å². The molecule has 108 valence electrons. The van der Waals surface area contributed by atoms with Gasteiger partial charge in [0.15, 0.2) is 0 Å². The zero-order chi connectivity index (χ0) is 14.9. The van der Waals surface area contributed by atoms with Crippen molar-refractivity contribution in [3.8, 4) is 0 Å². The lowest BCUT2D eigenvalue weighted by Gasteiger charge is -2.31. The number of anilines is 2. The molecule has 2 rings (SSSR count). The molecule has 0 amide bonds. The van der Waals surface area contributed by atoms with Gasteiger partial charge in [0, 0.05) is 29.2 Å². The normalized spacial score (nSPS) is 12.1. The first-order valence-electron chi connectivity index (χ1n) is 6.25. The van der Waals surface area contributed by atoms with Crippen molar-refractivity contribution in [1.82, 2.24) is 4.98 Å². The third kappa shape index (κ3) is 2.95. The first kappa shape index (κ1) is 14.4. The quantitative estimate of drug-likeness (QED) is 0.875. The molecule has 6 heteroatoms. The highest BCUT2D eigenvalue weighted by Gasteiger charge is 2.32. The summed E-state index contributed by atoms with van der Waals surface area (Å²) in [6.45, 7) is 2.40. The van der Waals surface area contributed by atoms with E-state index in [0.29, 0.717) is 16.8 Å². The van der Waals surface area contributed by atoms with Crippen LogP contribution in [0.2, 0.25) is 0 Å². The number of fused-ring (bicyclic) bond motifs is 1. The van der Waals surface area contributed by atoms with Gasteiger partial charge in [-0.3, -0.25) is 4.98 Å². The van der Waals surface area contributed by atoms with Crippen LogP contribution in [0.15, 0.2) is 30.6 Å². The van der Waals surface area contributed by atoms with Crippen LogP contribution in [0.1, 0.15) is 13.8 Å². The molecule has 0 bridgehead atoms.